The van der Waals surface area contributed by atoms with Gasteiger partial charge in [0.1, 0.15) is 6.10 Å². The van der Waals surface area contributed by atoms with Gasteiger partial charge in [0.15, 0.2) is 93.3 Å². The van der Waals surface area contributed by atoms with Crippen molar-refractivity contribution in [2.75, 3.05) is 0 Å². The molecule has 3 aliphatic heterocycles. The van der Waals surface area contributed by atoms with Crippen LogP contribution in [-0.4, -0.2) is 15.1 Å². The van der Waals surface area contributed by atoms with Crippen LogP contribution in [0.15, 0.2) is 24.3 Å². The Morgan fingerprint density at radius 3 is 1.00 bits per heavy atom. The Hall–Kier alpha value is -7.21. The molecule has 6 nitrogen and oxygen atoms in total. The van der Waals surface area contributed by atoms with E-state index in [1.807, 2.05) is 0 Å². The van der Waals surface area contributed by atoms with E-state index in [2.05, 4.69) is 19.9 Å². The second-order valence-electron chi connectivity index (χ2n) is 14.8. The number of aliphatic hydroxyl groups excluding tert-OH is 1. The SMILES string of the molecule is O[C@H]1c2nc3c(c4ccc([n-]4)c(-c4c(F)c(F)c(F)c(F)c4F)c4nc(c(-c5c(F)c(F)c(F)c(F)c5F)c5ccc([n-]5)c2-c2c(F)c(F)c(F)c(F)c2F)C=C4)-c2c(F)c(F)c(F)c(F)c2O[C@H]31.[Zn+2]. The van der Waals surface area contributed by atoms with Crippen molar-refractivity contribution in [1.82, 2.24) is 19.9 Å². The van der Waals surface area contributed by atoms with Gasteiger partial charge < -0.3 is 19.8 Å². The monoisotopic (exact) mass is 1050 g/mol. The third kappa shape index (κ3) is 6.43. The summed E-state index contributed by atoms with van der Waals surface area (Å²) in [6.07, 6.45) is -4.05. The molecule has 0 radical (unpaired) electrons. The molecule has 2 atom stereocenters. The summed E-state index contributed by atoms with van der Waals surface area (Å²) in [4.78, 5) is 15.8. The molecule has 0 amide bonds. The van der Waals surface area contributed by atoms with Crippen molar-refractivity contribution < 1.29 is 113 Å². The largest absolute Gasteiger partial charge is 2.00 e. The molecule has 0 fully saturated rings. The molecule has 10 rings (SSSR count). The van der Waals surface area contributed by atoms with Gasteiger partial charge in [0.2, 0.25) is 29.1 Å². The van der Waals surface area contributed by atoms with Gasteiger partial charge >= 0.3 is 19.5 Å². The minimum absolute atomic E-state index is 0. The van der Waals surface area contributed by atoms with Crippen LogP contribution in [0.25, 0.3) is 78.7 Å². The first kappa shape index (κ1) is 47.8. The number of hydrogen-bond acceptors (Lipinski definition) is 4. The van der Waals surface area contributed by atoms with Gasteiger partial charge in [0, 0.05) is 0 Å². The minimum Gasteiger partial charge on any atom is -0.657 e. The van der Waals surface area contributed by atoms with Gasteiger partial charge in [-0.05, 0) is 34.4 Å². The van der Waals surface area contributed by atoms with Crippen LogP contribution in [0, 0.1) is 111 Å². The van der Waals surface area contributed by atoms with E-state index in [9.17, 15) is 40.2 Å². The molecule has 7 aromatic rings. The summed E-state index contributed by atoms with van der Waals surface area (Å²) in [5, 5.41) is 11.8. The minimum atomic E-state index is -2.76. The maximum atomic E-state index is 16.0. The summed E-state index contributed by atoms with van der Waals surface area (Å²) in [7, 11) is 0. The Bertz CT molecular complexity index is 3680. The van der Waals surface area contributed by atoms with Gasteiger partial charge in [-0.2, -0.15) is 4.39 Å². The molecule has 26 heteroatoms. The van der Waals surface area contributed by atoms with E-state index in [1.165, 1.54) is 0 Å². The zero-order chi connectivity index (χ0) is 49.7. The van der Waals surface area contributed by atoms with E-state index in [0.29, 0.717) is 36.4 Å². The third-order valence-corrected chi connectivity index (χ3v) is 11.1. The maximum Gasteiger partial charge on any atom is 2.00 e. The van der Waals surface area contributed by atoms with Gasteiger partial charge in [0.05, 0.1) is 45.0 Å². The number of ether oxygens (including phenoxy) is 1. The van der Waals surface area contributed by atoms with Crippen molar-refractivity contribution in [2.24, 2.45) is 0 Å². The normalized spacial score (nSPS) is 14.8. The Morgan fingerprint density at radius 2 is 0.629 bits per heavy atom. The number of nitrogens with zero attached hydrogens (tertiary/aromatic N) is 4. The molecule has 3 aliphatic rings. The smallest absolute Gasteiger partial charge is 0.657 e. The molecule has 0 saturated carbocycles. The molecule has 6 heterocycles. The first-order chi connectivity index (χ1) is 32.6. The number of benzene rings is 4. The van der Waals surface area contributed by atoms with Gasteiger partial charge in [0.25, 0.3) is 0 Å². The zero-order valence-corrected chi connectivity index (χ0v) is 36.1. The van der Waals surface area contributed by atoms with Crippen molar-refractivity contribution in [3.8, 4) is 50.3 Å². The Balaban J connectivity index is 0.00000608. The zero-order valence-electron chi connectivity index (χ0n) is 33.2. The van der Waals surface area contributed by atoms with Crippen LogP contribution in [0.3, 0.4) is 0 Å². The van der Waals surface area contributed by atoms with Gasteiger partial charge in [-0.1, -0.05) is 24.3 Å². The Kier molecular flexibility index (Phi) is 11.2. The molecular formula is C44H9F19N4O2Zn. The van der Waals surface area contributed by atoms with Gasteiger partial charge in [-0.15, -0.1) is 22.1 Å². The molecule has 1 N–H and O–H groups in total. The third-order valence-electron chi connectivity index (χ3n) is 11.1. The molecule has 352 valence electrons. The number of halogens is 19. The summed E-state index contributed by atoms with van der Waals surface area (Å²) < 4.78 is 295. The van der Waals surface area contributed by atoms with E-state index in [1.54, 1.807) is 0 Å². The molecule has 0 saturated heterocycles. The van der Waals surface area contributed by atoms with E-state index in [4.69, 9.17) is 4.74 Å². The number of fused-ring (bicyclic) bond motifs is 10. The predicted molar refractivity (Wildman–Crippen MR) is 197 cm³/mol. The van der Waals surface area contributed by atoms with Crippen molar-refractivity contribution in [3.63, 3.8) is 0 Å². The van der Waals surface area contributed by atoms with Crippen molar-refractivity contribution in [3.05, 3.63) is 158 Å². The molecule has 0 spiro atoms. The summed E-state index contributed by atoms with van der Waals surface area (Å²) in [5.74, 6) is -51.4. The Morgan fingerprint density at radius 1 is 0.343 bits per heavy atom. The standard InChI is InChI=1S/C44H9F19N4O2.Zn/c45-21-17(22(46)29(53)35(59)28(21)52)13-7-1-2-8(64-7)14(18-23(47)30(54)36(60)31(55)24(18)48)10-4-6-12(66-10)16-20-27(51)34(58)38(62)39(63)43(20)69-44-41(16)67-40(42(44)68)15(11-5-3-9(13)65-11)19-25(49)32(56)37(61)33(57)26(19)50;/h1-6,42,44,68H;/q-2;+2/t42-,44+;/m0./s1. The summed E-state index contributed by atoms with van der Waals surface area (Å²) in [6.45, 7) is 0. The fourth-order valence-electron chi connectivity index (χ4n) is 8.09. The fourth-order valence-corrected chi connectivity index (χ4v) is 8.09. The van der Waals surface area contributed by atoms with Crippen molar-refractivity contribution >= 4 is 34.2 Å². The van der Waals surface area contributed by atoms with Gasteiger partial charge in [-0.25, -0.2) is 89.0 Å². The predicted octanol–water partition coefficient (Wildman–Crippen LogP) is 12.2. The van der Waals surface area contributed by atoms with E-state index >= 15 is 48.3 Å². The first-order valence-corrected chi connectivity index (χ1v) is 18.7. The number of hydrogen-bond donors (Lipinski definition) is 1. The average molecular weight is 1050 g/mol. The van der Waals surface area contributed by atoms with E-state index in [0.717, 1.165) is 0 Å². The van der Waals surface area contributed by atoms with Crippen molar-refractivity contribution in [1.29, 1.82) is 0 Å². The van der Waals surface area contributed by atoms with Gasteiger partial charge in [-0.3, -0.25) is 0 Å². The summed E-state index contributed by atoms with van der Waals surface area (Å²) in [6, 6.07) is 2.33. The first-order valence-electron chi connectivity index (χ1n) is 18.7. The summed E-state index contributed by atoms with van der Waals surface area (Å²) >= 11 is 0. The molecule has 0 aliphatic carbocycles. The average Bonchev–Trinajstić information content (AvgIpc) is 4.18. The van der Waals surface area contributed by atoms with Crippen LogP contribution in [0.5, 0.6) is 5.75 Å². The molecule has 8 bridgehead atoms. The number of aromatic nitrogens is 4. The molecule has 4 aromatic carbocycles. The maximum absolute atomic E-state index is 16.0. The second kappa shape index (κ2) is 16.5. The Labute approximate surface area is 386 Å². The number of rotatable bonds is 3. The molecule has 70 heavy (non-hydrogen) atoms. The van der Waals surface area contributed by atoms with Crippen LogP contribution in [0.4, 0.5) is 83.4 Å². The summed E-state index contributed by atoms with van der Waals surface area (Å²) in [5.41, 5.74) is -21.4. The molecular weight excluding hydrogens is 1040 g/mol. The van der Waals surface area contributed by atoms with Crippen LogP contribution >= 0.6 is 0 Å². The van der Waals surface area contributed by atoms with Crippen LogP contribution in [0.2, 0.25) is 0 Å². The molecule has 3 aromatic heterocycles. The fraction of sp³-hybridized carbons (Fsp3) is 0.0455. The van der Waals surface area contributed by atoms with Crippen molar-refractivity contribution in [2.45, 2.75) is 12.2 Å². The van der Waals surface area contributed by atoms with Crippen LogP contribution in [0.1, 0.15) is 35.0 Å². The molecule has 0 unspecified atom stereocenters. The second-order valence-corrected chi connectivity index (χ2v) is 14.8. The topological polar surface area (TPSA) is 83.4 Å². The number of aliphatic hydroxyl groups is 1. The van der Waals surface area contributed by atoms with E-state index < -0.39 is 218 Å². The van der Waals surface area contributed by atoms with Crippen LogP contribution < -0.4 is 14.7 Å². The van der Waals surface area contributed by atoms with Crippen LogP contribution in [-0.2, 0) is 19.5 Å². The quantitative estimate of drug-likeness (QED) is 0.0821. The van der Waals surface area contributed by atoms with E-state index in [-0.39, 0.29) is 19.5 Å².